The Bertz CT molecular complexity index is 856. The van der Waals surface area contributed by atoms with Gasteiger partial charge in [-0.1, -0.05) is 35.9 Å². The smallest absolute Gasteiger partial charge is 0.243 e. The van der Waals surface area contributed by atoms with E-state index in [1.165, 1.54) is 17.1 Å². The van der Waals surface area contributed by atoms with E-state index in [4.69, 9.17) is 0 Å². The summed E-state index contributed by atoms with van der Waals surface area (Å²) in [7, 11) is -1.85. The van der Waals surface area contributed by atoms with Crippen molar-refractivity contribution in [3.05, 3.63) is 59.2 Å². The lowest BCUT2D eigenvalue weighted by molar-refractivity contribution is 0.466. The Labute approximate surface area is 151 Å². The molecule has 0 unspecified atom stereocenters. The van der Waals surface area contributed by atoms with Crippen molar-refractivity contribution < 1.29 is 8.42 Å². The molecule has 0 saturated carbocycles. The molecule has 4 nitrogen and oxygen atoms in total. The number of aryl methyl sites for hydroxylation is 2. The fraction of sp³-hybridized carbons (Fsp3) is 0.400. The van der Waals surface area contributed by atoms with Gasteiger partial charge in [0, 0.05) is 32.4 Å². The van der Waals surface area contributed by atoms with E-state index in [0.29, 0.717) is 11.4 Å². The van der Waals surface area contributed by atoms with Gasteiger partial charge < -0.3 is 4.90 Å². The molecule has 0 radical (unpaired) electrons. The first-order chi connectivity index (χ1) is 11.9. The van der Waals surface area contributed by atoms with E-state index in [1.54, 1.807) is 13.1 Å². The summed E-state index contributed by atoms with van der Waals surface area (Å²) in [5.41, 5.74) is 4.07. The number of para-hydroxylation sites is 1. The summed E-state index contributed by atoms with van der Waals surface area (Å²) >= 11 is 0. The average molecular weight is 359 g/mol. The lowest BCUT2D eigenvalue weighted by Crippen LogP contribution is -2.28. The monoisotopic (exact) mass is 358 g/mol. The topological polar surface area (TPSA) is 40.6 Å². The van der Waals surface area contributed by atoms with Crippen LogP contribution in [0.3, 0.4) is 0 Å². The van der Waals surface area contributed by atoms with Gasteiger partial charge in [-0.05, 0) is 49.9 Å². The largest absolute Gasteiger partial charge is 0.371 e. The number of hydrogen-bond acceptors (Lipinski definition) is 3. The highest BCUT2D eigenvalue weighted by atomic mass is 32.2. The Morgan fingerprint density at radius 3 is 2.40 bits per heavy atom. The molecule has 134 valence electrons. The Morgan fingerprint density at radius 2 is 1.72 bits per heavy atom. The maximum absolute atomic E-state index is 13.0. The van der Waals surface area contributed by atoms with E-state index in [0.717, 1.165) is 35.5 Å². The third-order valence-electron chi connectivity index (χ3n) is 4.85. The van der Waals surface area contributed by atoms with E-state index >= 15 is 0 Å². The maximum atomic E-state index is 13.0. The molecule has 0 amide bonds. The fourth-order valence-electron chi connectivity index (χ4n) is 3.49. The van der Waals surface area contributed by atoms with Crippen LogP contribution in [0.4, 0.5) is 5.69 Å². The lowest BCUT2D eigenvalue weighted by Gasteiger charge is -2.24. The van der Waals surface area contributed by atoms with Gasteiger partial charge in [-0.15, -0.1) is 0 Å². The predicted molar refractivity (Wildman–Crippen MR) is 102 cm³/mol. The van der Waals surface area contributed by atoms with Crippen molar-refractivity contribution in [1.29, 1.82) is 0 Å². The molecule has 1 aliphatic heterocycles. The van der Waals surface area contributed by atoms with Gasteiger partial charge in [-0.3, -0.25) is 0 Å². The molecule has 1 aliphatic rings. The van der Waals surface area contributed by atoms with Gasteiger partial charge in [0.15, 0.2) is 0 Å². The highest BCUT2D eigenvalue weighted by Crippen LogP contribution is 2.27. The van der Waals surface area contributed by atoms with Gasteiger partial charge in [-0.2, -0.15) is 4.31 Å². The first kappa shape index (κ1) is 18.0. The molecule has 3 rings (SSSR count). The van der Waals surface area contributed by atoms with Crippen molar-refractivity contribution in [2.45, 2.75) is 38.1 Å². The van der Waals surface area contributed by atoms with E-state index in [1.807, 2.05) is 44.2 Å². The van der Waals surface area contributed by atoms with Crippen molar-refractivity contribution in [3.63, 3.8) is 0 Å². The first-order valence-corrected chi connectivity index (χ1v) is 10.2. The van der Waals surface area contributed by atoms with Crippen LogP contribution in [0, 0.1) is 13.8 Å². The molecule has 0 spiro atoms. The van der Waals surface area contributed by atoms with E-state index < -0.39 is 10.0 Å². The Morgan fingerprint density at radius 1 is 1.04 bits per heavy atom. The average Bonchev–Trinajstić information content (AvgIpc) is 3.09. The van der Waals surface area contributed by atoms with Crippen LogP contribution in [0.25, 0.3) is 0 Å². The summed E-state index contributed by atoms with van der Waals surface area (Å²) in [4.78, 5) is 2.74. The van der Waals surface area contributed by atoms with Gasteiger partial charge >= 0.3 is 0 Å². The number of anilines is 1. The van der Waals surface area contributed by atoms with Gasteiger partial charge in [0.2, 0.25) is 10.0 Å². The molecular formula is C20H26N2O2S. The second-order valence-electron chi connectivity index (χ2n) is 6.85. The predicted octanol–water partition coefficient (Wildman–Crippen LogP) is 3.72. The van der Waals surface area contributed by atoms with E-state index in [2.05, 4.69) is 11.0 Å². The minimum absolute atomic E-state index is 0.377. The Kier molecular flexibility index (Phi) is 5.16. The zero-order valence-electron chi connectivity index (χ0n) is 15.2. The zero-order valence-corrected chi connectivity index (χ0v) is 16.0. The normalized spacial score (nSPS) is 15.1. The Hall–Kier alpha value is -1.85. The van der Waals surface area contributed by atoms with Crippen LogP contribution in [0.1, 0.15) is 29.5 Å². The fourth-order valence-corrected chi connectivity index (χ4v) is 4.84. The summed E-state index contributed by atoms with van der Waals surface area (Å²) in [6, 6.07) is 13.6. The molecule has 0 N–H and O–H groups in total. The molecule has 25 heavy (non-hydrogen) atoms. The summed E-state index contributed by atoms with van der Waals surface area (Å²) in [6.07, 6.45) is 2.40. The summed E-state index contributed by atoms with van der Waals surface area (Å²) in [6.45, 7) is 6.29. The number of nitrogens with zero attached hydrogens (tertiary/aromatic N) is 2. The third kappa shape index (κ3) is 3.72. The van der Waals surface area contributed by atoms with Crippen LogP contribution >= 0.6 is 0 Å². The van der Waals surface area contributed by atoms with Crippen molar-refractivity contribution in [1.82, 2.24) is 4.31 Å². The SMILES string of the molecule is Cc1ccc(S(=O)(=O)N(C)Cc2ccccc2N2CCCC2)c(C)c1. The maximum Gasteiger partial charge on any atom is 0.243 e. The quantitative estimate of drug-likeness (QED) is 0.818. The minimum atomic E-state index is -3.51. The molecule has 0 bridgehead atoms. The van der Waals surface area contributed by atoms with Crippen molar-refractivity contribution in [2.75, 3.05) is 25.0 Å². The van der Waals surface area contributed by atoms with Crippen LogP contribution in [-0.2, 0) is 16.6 Å². The van der Waals surface area contributed by atoms with Gasteiger partial charge in [-0.25, -0.2) is 8.42 Å². The minimum Gasteiger partial charge on any atom is -0.371 e. The number of rotatable bonds is 5. The molecule has 5 heteroatoms. The molecule has 0 aliphatic carbocycles. The zero-order chi connectivity index (χ0) is 18.0. The number of hydrogen-bond donors (Lipinski definition) is 0. The van der Waals surface area contributed by atoms with Gasteiger partial charge in [0.1, 0.15) is 0 Å². The van der Waals surface area contributed by atoms with Crippen LogP contribution < -0.4 is 4.90 Å². The number of sulfonamides is 1. The summed E-state index contributed by atoms with van der Waals surface area (Å²) in [5.74, 6) is 0. The van der Waals surface area contributed by atoms with Crippen LogP contribution in [-0.4, -0.2) is 32.9 Å². The van der Waals surface area contributed by atoms with Crippen molar-refractivity contribution in [3.8, 4) is 0 Å². The molecule has 1 fully saturated rings. The van der Waals surface area contributed by atoms with Crippen molar-refractivity contribution in [2.24, 2.45) is 0 Å². The molecule has 0 atom stereocenters. The summed E-state index contributed by atoms with van der Waals surface area (Å²) in [5, 5.41) is 0. The first-order valence-electron chi connectivity index (χ1n) is 8.76. The van der Waals surface area contributed by atoms with Gasteiger partial charge in [0.25, 0.3) is 0 Å². The van der Waals surface area contributed by atoms with Crippen LogP contribution in [0.2, 0.25) is 0 Å². The van der Waals surface area contributed by atoms with Crippen molar-refractivity contribution >= 4 is 15.7 Å². The molecule has 2 aromatic rings. The second kappa shape index (κ2) is 7.18. The van der Waals surface area contributed by atoms with E-state index in [9.17, 15) is 8.42 Å². The Balaban J connectivity index is 1.88. The third-order valence-corrected chi connectivity index (χ3v) is 6.81. The lowest BCUT2D eigenvalue weighted by atomic mass is 10.1. The van der Waals surface area contributed by atoms with Crippen LogP contribution in [0.15, 0.2) is 47.4 Å². The van der Waals surface area contributed by atoms with Gasteiger partial charge in [0.05, 0.1) is 4.90 Å². The molecule has 1 saturated heterocycles. The molecule has 0 aromatic heterocycles. The summed E-state index contributed by atoms with van der Waals surface area (Å²) < 4.78 is 27.5. The molecule has 1 heterocycles. The molecule has 2 aromatic carbocycles. The van der Waals surface area contributed by atoms with E-state index in [-0.39, 0.29) is 0 Å². The number of benzene rings is 2. The molecular weight excluding hydrogens is 332 g/mol. The standard InChI is InChI=1S/C20H26N2O2S/c1-16-10-11-20(17(2)14-16)25(23,24)21(3)15-18-8-4-5-9-19(18)22-12-6-7-13-22/h4-5,8-11,14H,6-7,12-13,15H2,1-3H3. The second-order valence-corrected chi connectivity index (χ2v) is 8.87. The van der Waals surface area contributed by atoms with Crippen LogP contribution in [0.5, 0.6) is 0 Å². The highest BCUT2D eigenvalue weighted by Gasteiger charge is 2.24. The highest BCUT2D eigenvalue weighted by molar-refractivity contribution is 7.89.